The highest BCUT2D eigenvalue weighted by molar-refractivity contribution is 6.31. The van der Waals surface area contributed by atoms with Gasteiger partial charge in [-0.1, -0.05) is 24.6 Å². The molecule has 0 spiro atoms. The molecule has 0 bridgehead atoms. The lowest BCUT2D eigenvalue weighted by molar-refractivity contribution is 0.467. The molecule has 0 aliphatic rings. The molecule has 0 fully saturated rings. The number of hydrogen-bond acceptors (Lipinski definition) is 2. The molecule has 2 aromatic rings. The molecule has 2 rings (SSSR count). The minimum absolute atomic E-state index is 0.0836. The number of rotatable bonds is 3. The molecule has 2 nitrogen and oxygen atoms in total. The van der Waals surface area contributed by atoms with E-state index in [9.17, 15) is 4.39 Å². The lowest BCUT2D eigenvalue weighted by Gasteiger charge is -2.04. The minimum Gasteiger partial charge on any atom is -0.459 e. The van der Waals surface area contributed by atoms with Gasteiger partial charge in [-0.3, -0.25) is 0 Å². The highest BCUT2D eigenvalue weighted by atomic mass is 35.5. The first-order valence-electron chi connectivity index (χ1n) is 5.43. The lowest BCUT2D eigenvalue weighted by atomic mass is 10.1. The molecule has 0 aliphatic carbocycles. The monoisotopic (exact) mass is 253 g/mol. The molecule has 0 saturated heterocycles. The first kappa shape index (κ1) is 12.1. The van der Waals surface area contributed by atoms with Crippen molar-refractivity contribution in [2.45, 2.75) is 19.4 Å². The second-order valence-electron chi connectivity index (χ2n) is 3.82. The molecule has 2 N–H and O–H groups in total. The van der Waals surface area contributed by atoms with Crippen LogP contribution in [0.1, 0.15) is 25.1 Å². The SMILES string of the molecule is CCC(N)c1ccc(-c2cccc(Cl)c2F)o1. The van der Waals surface area contributed by atoms with Gasteiger partial charge in [0, 0.05) is 0 Å². The Balaban J connectivity index is 2.40. The van der Waals surface area contributed by atoms with Crippen LogP contribution in [0.2, 0.25) is 5.02 Å². The molecule has 90 valence electrons. The van der Waals surface area contributed by atoms with E-state index in [1.54, 1.807) is 24.3 Å². The summed E-state index contributed by atoms with van der Waals surface area (Å²) in [5.41, 5.74) is 6.19. The maximum atomic E-state index is 13.8. The molecule has 1 heterocycles. The van der Waals surface area contributed by atoms with Crippen molar-refractivity contribution >= 4 is 11.6 Å². The van der Waals surface area contributed by atoms with E-state index in [0.29, 0.717) is 17.1 Å². The Bertz CT molecular complexity index is 524. The van der Waals surface area contributed by atoms with Crippen LogP contribution in [-0.4, -0.2) is 0 Å². The smallest absolute Gasteiger partial charge is 0.152 e. The van der Waals surface area contributed by atoms with Crippen LogP contribution >= 0.6 is 11.6 Å². The third kappa shape index (κ3) is 2.35. The van der Waals surface area contributed by atoms with Crippen LogP contribution in [0, 0.1) is 5.82 Å². The molecule has 1 aromatic heterocycles. The summed E-state index contributed by atoms with van der Waals surface area (Å²) in [6.07, 6.45) is 0.769. The zero-order valence-corrected chi connectivity index (χ0v) is 10.2. The zero-order valence-electron chi connectivity index (χ0n) is 9.41. The van der Waals surface area contributed by atoms with Gasteiger partial charge >= 0.3 is 0 Å². The maximum absolute atomic E-state index is 13.8. The van der Waals surface area contributed by atoms with E-state index >= 15 is 0 Å². The average molecular weight is 254 g/mol. The Kier molecular flexibility index (Phi) is 3.50. The van der Waals surface area contributed by atoms with Crippen molar-refractivity contribution in [3.8, 4) is 11.3 Å². The van der Waals surface area contributed by atoms with Gasteiger partial charge < -0.3 is 10.2 Å². The summed E-state index contributed by atoms with van der Waals surface area (Å²) in [6.45, 7) is 1.97. The molecule has 17 heavy (non-hydrogen) atoms. The highest BCUT2D eigenvalue weighted by Crippen LogP contribution is 2.30. The van der Waals surface area contributed by atoms with Crippen molar-refractivity contribution in [1.29, 1.82) is 0 Å². The molecule has 0 radical (unpaired) electrons. The first-order chi connectivity index (χ1) is 8.13. The van der Waals surface area contributed by atoms with E-state index in [2.05, 4.69) is 0 Å². The van der Waals surface area contributed by atoms with Gasteiger partial charge in [0.25, 0.3) is 0 Å². The van der Waals surface area contributed by atoms with E-state index in [-0.39, 0.29) is 11.1 Å². The van der Waals surface area contributed by atoms with Crippen LogP contribution in [0.15, 0.2) is 34.7 Å². The summed E-state index contributed by atoms with van der Waals surface area (Å²) in [6, 6.07) is 8.13. The van der Waals surface area contributed by atoms with Gasteiger partial charge in [-0.2, -0.15) is 0 Å². The molecule has 0 aliphatic heterocycles. The third-order valence-corrected chi connectivity index (χ3v) is 2.94. The van der Waals surface area contributed by atoms with Crippen molar-refractivity contribution in [2.24, 2.45) is 5.73 Å². The standard InChI is InChI=1S/C13H13ClFNO/c1-2-10(16)12-7-6-11(17-12)8-4-3-5-9(14)13(8)15/h3-7,10H,2,16H2,1H3. The number of furan rings is 1. The van der Waals surface area contributed by atoms with Crippen molar-refractivity contribution in [3.05, 3.63) is 46.9 Å². The van der Waals surface area contributed by atoms with Gasteiger partial charge in [-0.15, -0.1) is 0 Å². The minimum atomic E-state index is -0.472. The van der Waals surface area contributed by atoms with Crippen LogP contribution in [-0.2, 0) is 0 Å². The van der Waals surface area contributed by atoms with E-state index in [0.717, 1.165) is 6.42 Å². The zero-order chi connectivity index (χ0) is 12.4. The summed E-state index contributed by atoms with van der Waals surface area (Å²) >= 11 is 5.72. The molecular weight excluding hydrogens is 241 g/mol. The molecule has 4 heteroatoms. The maximum Gasteiger partial charge on any atom is 0.152 e. The first-order valence-corrected chi connectivity index (χ1v) is 5.81. The van der Waals surface area contributed by atoms with Crippen molar-refractivity contribution in [2.75, 3.05) is 0 Å². The predicted molar refractivity (Wildman–Crippen MR) is 66.3 cm³/mol. The normalized spacial score (nSPS) is 12.7. The van der Waals surface area contributed by atoms with Crippen LogP contribution in [0.4, 0.5) is 4.39 Å². The second-order valence-corrected chi connectivity index (χ2v) is 4.23. The Labute approximate surface area is 104 Å². The number of halogens is 2. The van der Waals surface area contributed by atoms with E-state index in [4.69, 9.17) is 21.8 Å². The Morgan fingerprint density at radius 3 is 2.82 bits per heavy atom. The Morgan fingerprint density at radius 2 is 2.12 bits per heavy atom. The predicted octanol–water partition coefficient (Wildman–Crippen LogP) is 4.15. The quantitative estimate of drug-likeness (QED) is 0.893. The van der Waals surface area contributed by atoms with Gasteiger partial charge in [0.15, 0.2) is 5.82 Å². The molecule has 0 saturated carbocycles. The van der Waals surface area contributed by atoms with Gasteiger partial charge in [0.1, 0.15) is 11.5 Å². The van der Waals surface area contributed by atoms with E-state index in [1.165, 1.54) is 6.07 Å². The molecular formula is C13H13ClFNO. The third-order valence-electron chi connectivity index (χ3n) is 2.65. The summed E-state index contributed by atoms with van der Waals surface area (Å²) in [7, 11) is 0. The Morgan fingerprint density at radius 1 is 1.35 bits per heavy atom. The number of benzene rings is 1. The lowest BCUT2D eigenvalue weighted by Crippen LogP contribution is -2.06. The van der Waals surface area contributed by atoms with Crippen LogP contribution in [0.5, 0.6) is 0 Å². The van der Waals surface area contributed by atoms with Crippen LogP contribution < -0.4 is 5.73 Å². The number of hydrogen-bond donors (Lipinski definition) is 1. The molecule has 1 atom stereocenters. The Hall–Kier alpha value is -1.32. The topological polar surface area (TPSA) is 39.2 Å². The summed E-state index contributed by atoms with van der Waals surface area (Å²) in [5, 5.41) is 0.0836. The second kappa shape index (κ2) is 4.90. The van der Waals surface area contributed by atoms with Gasteiger partial charge in [-0.05, 0) is 30.7 Å². The summed E-state index contributed by atoms with van der Waals surface area (Å²) < 4.78 is 19.3. The average Bonchev–Trinajstić information content (AvgIpc) is 2.81. The van der Waals surface area contributed by atoms with Crippen molar-refractivity contribution < 1.29 is 8.81 Å². The fourth-order valence-corrected chi connectivity index (χ4v) is 1.77. The van der Waals surface area contributed by atoms with Crippen molar-refractivity contribution in [3.63, 3.8) is 0 Å². The van der Waals surface area contributed by atoms with Crippen LogP contribution in [0.3, 0.4) is 0 Å². The molecule has 1 unspecified atom stereocenters. The fourth-order valence-electron chi connectivity index (χ4n) is 1.59. The van der Waals surface area contributed by atoms with Crippen molar-refractivity contribution in [1.82, 2.24) is 0 Å². The molecule has 1 aromatic carbocycles. The number of nitrogens with two attached hydrogens (primary N) is 1. The summed E-state index contributed by atoms with van der Waals surface area (Å²) in [4.78, 5) is 0. The molecule has 0 amide bonds. The van der Waals surface area contributed by atoms with E-state index < -0.39 is 5.82 Å². The summed E-state index contributed by atoms with van der Waals surface area (Å²) in [5.74, 6) is 0.630. The van der Waals surface area contributed by atoms with Crippen LogP contribution in [0.25, 0.3) is 11.3 Å². The van der Waals surface area contributed by atoms with Gasteiger partial charge in [0.05, 0.1) is 16.6 Å². The largest absolute Gasteiger partial charge is 0.459 e. The van der Waals surface area contributed by atoms with Gasteiger partial charge in [-0.25, -0.2) is 4.39 Å². The van der Waals surface area contributed by atoms with Gasteiger partial charge in [0.2, 0.25) is 0 Å². The fraction of sp³-hybridized carbons (Fsp3) is 0.231. The highest BCUT2D eigenvalue weighted by Gasteiger charge is 2.14. The van der Waals surface area contributed by atoms with E-state index in [1.807, 2.05) is 6.92 Å².